The molecular weight excluding hydrogens is 436 g/mol. The molecule has 0 saturated heterocycles. The van der Waals surface area contributed by atoms with Crippen LogP contribution in [0.2, 0.25) is 0 Å². The summed E-state index contributed by atoms with van der Waals surface area (Å²) in [5.41, 5.74) is 7.39. The number of fused-ring (bicyclic) bond motifs is 5. The first-order valence-electron chi connectivity index (χ1n) is 11.6. The summed E-state index contributed by atoms with van der Waals surface area (Å²) in [5.74, 6) is 0.936. The van der Waals surface area contributed by atoms with Crippen LogP contribution in [-0.4, -0.2) is 25.8 Å². The molecule has 1 atom stereocenters. The number of rotatable bonds is 4. The van der Waals surface area contributed by atoms with E-state index in [0.717, 1.165) is 33.8 Å². The Kier molecular flexibility index (Phi) is 5.10. The van der Waals surface area contributed by atoms with Crippen LogP contribution < -0.4 is 14.4 Å². The first-order valence-corrected chi connectivity index (χ1v) is 11.6. The first-order chi connectivity index (χ1) is 17.2. The Bertz CT molecular complexity index is 1460. The molecule has 0 fully saturated rings. The van der Waals surface area contributed by atoms with E-state index in [-0.39, 0.29) is 11.9 Å². The zero-order valence-corrected chi connectivity index (χ0v) is 19.6. The van der Waals surface area contributed by atoms with Gasteiger partial charge in [0.15, 0.2) is 11.5 Å². The van der Waals surface area contributed by atoms with Crippen molar-refractivity contribution in [1.29, 1.82) is 0 Å². The van der Waals surface area contributed by atoms with E-state index in [2.05, 4.69) is 36.4 Å². The van der Waals surface area contributed by atoms with E-state index in [4.69, 9.17) is 14.5 Å². The lowest BCUT2D eigenvalue weighted by Gasteiger charge is -2.24. The van der Waals surface area contributed by atoms with Gasteiger partial charge in [-0.25, -0.2) is 0 Å². The van der Waals surface area contributed by atoms with Gasteiger partial charge in [-0.1, -0.05) is 72.8 Å². The van der Waals surface area contributed by atoms with Crippen LogP contribution in [0, 0.1) is 0 Å². The van der Waals surface area contributed by atoms with Gasteiger partial charge in [0.1, 0.15) is 0 Å². The molecule has 6 rings (SSSR count). The number of amides is 1. The second kappa shape index (κ2) is 8.44. The number of hydrogen-bond donors (Lipinski definition) is 0. The van der Waals surface area contributed by atoms with E-state index in [0.29, 0.717) is 23.5 Å². The highest BCUT2D eigenvalue weighted by Gasteiger charge is 2.43. The van der Waals surface area contributed by atoms with Gasteiger partial charge in [0, 0.05) is 6.42 Å². The maximum absolute atomic E-state index is 13.8. The number of aliphatic imine (C=N–C) groups is 1. The van der Waals surface area contributed by atoms with Crippen molar-refractivity contribution in [3.05, 3.63) is 108 Å². The number of methoxy groups -OCH3 is 2. The highest BCUT2D eigenvalue weighted by Crippen LogP contribution is 2.50. The Balaban J connectivity index is 1.47. The average Bonchev–Trinajstić information content (AvgIpc) is 3.08. The van der Waals surface area contributed by atoms with E-state index in [1.165, 1.54) is 5.56 Å². The standard InChI is InChI=1S/C30H24N2O3/c1-34-27-17-16-22-26-18-24(21-14-12-20(13-15-21)19-8-4-3-5-9-19)31-23-10-6-7-11-25(23)32(26)30(33)28(22)29(27)35-2/h3-17,26H,18H2,1-2H3. The Morgan fingerprint density at radius 2 is 1.46 bits per heavy atom. The van der Waals surface area contributed by atoms with Gasteiger partial charge >= 0.3 is 0 Å². The van der Waals surface area contributed by atoms with Crippen LogP contribution in [0.3, 0.4) is 0 Å². The zero-order valence-electron chi connectivity index (χ0n) is 19.6. The lowest BCUT2D eigenvalue weighted by molar-refractivity contribution is 0.0989. The number of nitrogens with zero attached hydrogens (tertiary/aromatic N) is 2. The fourth-order valence-corrected chi connectivity index (χ4v) is 5.12. The molecule has 5 heteroatoms. The average molecular weight is 461 g/mol. The summed E-state index contributed by atoms with van der Waals surface area (Å²) in [7, 11) is 3.16. The van der Waals surface area contributed by atoms with Gasteiger partial charge in [-0.05, 0) is 40.5 Å². The zero-order chi connectivity index (χ0) is 23.9. The van der Waals surface area contributed by atoms with E-state index in [9.17, 15) is 4.79 Å². The summed E-state index contributed by atoms with van der Waals surface area (Å²) in [4.78, 5) is 20.7. The van der Waals surface area contributed by atoms with Crippen molar-refractivity contribution in [2.45, 2.75) is 12.5 Å². The van der Waals surface area contributed by atoms with Crippen molar-refractivity contribution < 1.29 is 14.3 Å². The Labute approximate surface area is 204 Å². The lowest BCUT2D eigenvalue weighted by atomic mass is 9.95. The Morgan fingerprint density at radius 1 is 0.771 bits per heavy atom. The van der Waals surface area contributed by atoms with Gasteiger partial charge in [-0.15, -0.1) is 0 Å². The topological polar surface area (TPSA) is 51.1 Å². The molecule has 35 heavy (non-hydrogen) atoms. The van der Waals surface area contributed by atoms with Crippen molar-refractivity contribution in [3.63, 3.8) is 0 Å². The summed E-state index contributed by atoms with van der Waals surface area (Å²) in [6.07, 6.45) is 0.591. The van der Waals surface area contributed by atoms with Crippen molar-refractivity contribution in [1.82, 2.24) is 0 Å². The monoisotopic (exact) mass is 460 g/mol. The Morgan fingerprint density at radius 3 is 2.20 bits per heavy atom. The smallest absolute Gasteiger partial charge is 0.263 e. The third-order valence-electron chi connectivity index (χ3n) is 6.79. The van der Waals surface area contributed by atoms with Gasteiger partial charge in [0.25, 0.3) is 5.91 Å². The van der Waals surface area contributed by atoms with Crippen LogP contribution in [0.5, 0.6) is 11.5 Å². The fraction of sp³-hybridized carbons (Fsp3) is 0.133. The van der Waals surface area contributed by atoms with Crippen LogP contribution in [0.15, 0.2) is 96.0 Å². The summed E-state index contributed by atoms with van der Waals surface area (Å²) in [6.45, 7) is 0. The number of ether oxygens (including phenoxy) is 2. The van der Waals surface area contributed by atoms with Crippen molar-refractivity contribution in [2.24, 2.45) is 4.99 Å². The van der Waals surface area contributed by atoms with Crippen molar-refractivity contribution >= 4 is 23.0 Å². The van der Waals surface area contributed by atoms with Gasteiger partial charge in [0.05, 0.1) is 42.9 Å². The summed E-state index contributed by atoms with van der Waals surface area (Å²) in [5, 5.41) is 0. The summed E-state index contributed by atoms with van der Waals surface area (Å²) >= 11 is 0. The minimum absolute atomic E-state index is 0.0934. The third kappa shape index (κ3) is 3.39. The molecule has 4 aromatic rings. The quantitative estimate of drug-likeness (QED) is 0.345. The van der Waals surface area contributed by atoms with Gasteiger partial charge < -0.3 is 9.47 Å². The van der Waals surface area contributed by atoms with Gasteiger partial charge in [0.2, 0.25) is 0 Å². The maximum atomic E-state index is 13.8. The molecule has 0 radical (unpaired) electrons. The molecule has 4 aromatic carbocycles. The summed E-state index contributed by atoms with van der Waals surface area (Å²) < 4.78 is 11.1. The number of para-hydroxylation sites is 2. The second-order valence-electron chi connectivity index (χ2n) is 8.65. The molecule has 1 amide bonds. The highest BCUT2D eigenvalue weighted by atomic mass is 16.5. The van der Waals surface area contributed by atoms with Gasteiger partial charge in [-0.2, -0.15) is 0 Å². The SMILES string of the molecule is COc1ccc2c(c1OC)C(=O)N1c3ccccc3N=C(c3ccc(-c4ccccc4)cc3)CC21. The predicted molar refractivity (Wildman–Crippen MR) is 138 cm³/mol. The maximum Gasteiger partial charge on any atom is 0.263 e. The molecule has 2 aliphatic heterocycles. The highest BCUT2D eigenvalue weighted by molar-refractivity contribution is 6.17. The molecule has 0 bridgehead atoms. The molecule has 2 aliphatic rings. The van der Waals surface area contributed by atoms with Crippen LogP contribution in [0.4, 0.5) is 11.4 Å². The van der Waals surface area contributed by atoms with E-state index >= 15 is 0 Å². The minimum atomic E-state index is -0.187. The fourth-order valence-electron chi connectivity index (χ4n) is 5.12. The molecule has 5 nitrogen and oxygen atoms in total. The number of hydrogen-bond acceptors (Lipinski definition) is 4. The molecule has 2 heterocycles. The molecule has 0 aromatic heterocycles. The van der Waals surface area contributed by atoms with Crippen molar-refractivity contribution in [3.8, 4) is 22.6 Å². The number of carbonyl (C=O) groups is 1. The molecule has 0 spiro atoms. The number of benzene rings is 4. The number of carbonyl (C=O) groups excluding carboxylic acids is 1. The minimum Gasteiger partial charge on any atom is -0.493 e. The lowest BCUT2D eigenvalue weighted by Crippen LogP contribution is -2.28. The molecule has 172 valence electrons. The van der Waals surface area contributed by atoms with Crippen molar-refractivity contribution in [2.75, 3.05) is 19.1 Å². The molecule has 0 N–H and O–H groups in total. The molecule has 1 unspecified atom stereocenters. The normalized spacial score (nSPS) is 16.1. The predicted octanol–water partition coefficient (Wildman–Crippen LogP) is 6.60. The van der Waals surface area contributed by atoms with Crippen LogP contribution in [-0.2, 0) is 0 Å². The third-order valence-corrected chi connectivity index (χ3v) is 6.79. The second-order valence-corrected chi connectivity index (χ2v) is 8.65. The first kappa shape index (κ1) is 21.2. The van der Waals surface area contributed by atoms with E-state index in [1.807, 2.05) is 59.5 Å². The largest absolute Gasteiger partial charge is 0.493 e. The van der Waals surface area contributed by atoms with Crippen LogP contribution >= 0.6 is 0 Å². The summed E-state index contributed by atoms with van der Waals surface area (Å²) in [6, 6.07) is 30.3. The van der Waals surface area contributed by atoms with Crippen LogP contribution in [0.25, 0.3) is 11.1 Å². The number of anilines is 1. The molecule has 0 aliphatic carbocycles. The van der Waals surface area contributed by atoms with Gasteiger partial charge in [-0.3, -0.25) is 14.7 Å². The van der Waals surface area contributed by atoms with E-state index in [1.54, 1.807) is 14.2 Å². The van der Waals surface area contributed by atoms with E-state index < -0.39 is 0 Å². The molecular formula is C30H24N2O3. The molecule has 0 saturated carbocycles. The van der Waals surface area contributed by atoms with Crippen LogP contribution in [0.1, 0.15) is 33.9 Å². The Hall–Kier alpha value is -4.38.